The molecular formula is C45H63N3O16. The van der Waals surface area contributed by atoms with Crippen LogP contribution in [0.5, 0.6) is 11.5 Å². The van der Waals surface area contributed by atoms with Crippen molar-refractivity contribution in [3.63, 3.8) is 0 Å². The molecule has 0 unspecified atom stereocenters. The third-order valence-electron chi connectivity index (χ3n) is 11.3. The normalized spacial score (nSPS) is 30.7. The van der Waals surface area contributed by atoms with E-state index in [1.54, 1.807) is 45.9 Å². The Morgan fingerprint density at radius 3 is 2.11 bits per heavy atom. The summed E-state index contributed by atoms with van der Waals surface area (Å²) in [6.45, 7) is 13.1. The Kier molecular flexibility index (Phi) is 19.1. The molecule has 4 aliphatic rings. The number of carbonyl (C=O) groups excluding carboxylic acids is 3. The predicted octanol–water partition coefficient (Wildman–Crippen LogP) is 3.95. The zero-order chi connectivity index (χ0) is 47.3. The number of hydrogen-bond acceptors (Lipinski definition) is 18. The van der Waals surface area contributed by atoms with Crippen LogP contribution in [0.25, 0.3) is 0 Å². The molecule has 1 aromatic rings. The molecule has 64 heavy (non-hydrogen) atoms. The minimum absolute atomic E-state index is 0.0158. The van der Waals surface area contributed by atoms with Gasteiger partial charge in [0, 0.05) is 75.5 Å². The Bertz CT molecular complexity index is 2010. The number of benzene rings is 1. The lowest BCUT2D eigenvalue weighted by atomic mass is 9.78. The molecule has 9 atom stereocenters. The average Bonchev–Trinajstić information content (AvgIpc) is 3.56. The first-order valence-electron chi connectivity index (χ1n) is 20.9. The molecule has 19 nitrogen and oxygen atoms in total. The van der Waals surface area contributed by atoms with E-state index < -0.39 is 77.3 Å². The van der Waals surface area contributed by atoms with Crippen molar-refractivity contribution in [2.75, 3.05) is 61.3 Å². The predicted molar refractivity (Wildman–Crippen MR) is 231 cm³/mol. The van der Waals surface area contributed by atoms with Crippen molar-refractivity contribution in [2.24, 2.45) is 34.0 Å². The van der Waals surface area contributed by atoms with Gasteiger partial charge in [0.2, 0.25) is 19.4 Å². The molecule has 5 rings (SSSR count). The van der Waals surface area contributed by atoms with Crippen molar-refractivity contribution in [3.8, 4) is 11.5 Å². The van der Waals surface area contributed by atoms with Crippen LogP contribution in [0.4, 0.5) is 0 Å². The molecule has 1 aromatic carbocycles. The number of esters is 1. The summed E-state index contributed by atoms with van der Waals surface area (Å²) in [6.07, 6.45) is 5.04. The van der Waals surface area contributed by atoms with E-state index in [-0.39, 0.29) is 90.7 Å². The lowest BCUT2D eigenvalue weighted by molar-refractivity contribution is -0.160. The summed E-state index contributed by atoms with van der Waals surface area (Å²) in [5, 5.41) is 46.1. The maximum Gasteiger partial charge on any atom is 0.302 e. The van der Waals surface area contributed by atoms with Gasteiger partial charge in [-0.25, -0.2) is 0 Å². The number of ether oxygens (including phenoxy) is 8. The fraction of sp³-hybridized carbons (Fsp3) is 0.578. The van der Waals surface area contributed by atoms with Gasteiger partial charge < -0.3 is 68.2 Å². The molecule has 3 heterocycles. The first-order chi connectivity index (χ1) is 30.4. The van der Waals surface area contributed by atoms with Gasteiger partial charge in [0.25, 0.3) is 11.7 Å². The summed E-state index contributed by atoms with van der Waals surface area (Å²) in [4.78, 5) is 51.7. The minimum Gasteiger partial charge on any atom is -0.507 e. The van der Waals surface area contributed by atoms with E-state index >= 15 is 0 Å². The van der Waals surface area contributed by atoms with Gasteiger partial charge in [-0.15, -0.1) is 0 Å². The number of aliphatic hydroxyl groups excluding tert-OH is 2. The number of hydrogen-bond donors (Lipinski definition) is 4. The number of Topliss-reactive ketones (excluding diaryl/α,β-unsaturated/α-hetero) is 1. The molecule has 5 bridgehead atoms. The molecule has 0 aromatic heterocycles. The van der Waals surface area contributed by atoms with Crippen LogP contribution in [0.1, 0.15) is 75.5 Å². The van der Waals surface area contributed by atoms with Crippen molar-refractivity contribution in [1.82, 2.24) is 5.32 Å². The van der Waals surface area contributed by atoms with Gasteiger partial charge >= 0.3 is 5.97 Å². The monoisotopic (exact) mass is 901 g/mol. The van der Waals surface area contributed by atoms with Gasteiger partial charge in [0.1, 0.15) is 23.3 Å². The summed E-state index contributed by atoms with van der Waals surface area (Å²) in [6, 6.07) is 0. The second kappa shape index (κ2) is 23.7. The largest absolute Gasteiger partial charge is 0.507 e. The van der Waals surface area contributed by atoms with Gasteiger partial charge in [-0.05, 0) is 26.0 Å². The molecule has 0 saturated heterocycles. The Labute approximate surface area is 373 Å². The average molecular weight is 902 g/mol. The highest BCUT2D eigenvalue weighted by atomic mass is 16.8. The van der Waals surface area contributed by atoms with E-state index in [0.717, 1.165) is 0 Å². The second-order valence-electron chi connectivity index (χ2n) is 15.9. The Hall–Kier alpha value is -5.15. The fourth-order valence-corrected chi connectivity index (χ4v) is 7.51. The smallest absolute Gasteiger partial charge is 0.302 e. The number of phenols is 1. The number of aliphatic hydroxyl groups is 2. The number of aromatic hydroxyl groups is 1. The lowest BCUT2D eigenvalue weighted by Crippen LogP contribution is -2.46. The molecule has 1 amide bonds. The molecule has 1 aliphatic carbocycles. The first kappa shape index (κ1) is 51.5. The lowest BCUT2D eigenvalue weighted by Gasteiger charge is -2.38. The second-order valence-corrected chi connectivity index (χ2v) is 15.9. The summed E-state index contributed by atoms with van der Waals surface area (Å²) >= 11 is 0. The number of methoxy groups -OCH3 is 3. The number of oxime groups is 2. The maximum atomic E-state index is 14.4. The van der Waals surface area contributed by atoms with Gasteiger partial charge in [0.05, 0.1) is 67.8 Å². The van der Waals surface area contributed by atoms with Crippen LogP contribution >= 0.6 is 0 Å². The topological polar surface area (TPSA) is 241 Å². The summed E-state index contributed by atoms with van der Waals surface area (Å²) in [5.41, 5.74) is -0.0749. The number of ketones is 1. The number of carbonyl (C=O) groups is 3. The van der Waals surface area contributed by atoms with Crippen LogP contribution in [-0.4, -0.2) is 136 Å². The van der Waals surface area contributed by atoms with Crippen LogP contribution in [0, 0.1) is 30.6 Å². The van der Waals surface area contributed by atoms with Gasteiger partial charge in [-0.2, -0.15) is 0 Å². The zero-order valence-electron chi connectivity index (χ0n) is 38.4. The van der Waals surface area contributed by atoms with Gasteiger partial charge in [-0.3, -0.25) is 14.4 Å². The number of fused-ring (bicyclic) bond motifs is 14. The Morgan fingerprint density at radius 2 is 1.50 bits per heavy atom. The highest BCUT2D eigenvalue weighted by Gasteiger charge is 2.50. The third kappa shape index (κ3) is 12.1. The van der Waals surface area contributed by atoms with Crippen LogP contribution in [0.3, 0.4) is 0 Å². The molecule has 354 valence electrons. The van der Waals surface area contributed by atoms with Crippen molar-refractivity contribution < 1.29 is 77.3 Å². The molecule has 4 N–H and O–H groups in total. The summed E-state index contributed by atoms with van der Waals surface area (Å²) in [7, 11) is 4.50. The van der Waals surface area contributed by atoms with Crippen LogP contribution < -0.4 is 10.1 Å². The zero-order valence-corrected chi connectivity index (χ0v) is 38.4. The molecule has 3 aliphatic heterocycles. The molecule has 0 saturated carbocycles. The van der Waals surface area contributed by atoms with E-state index in [4.69, 9.17) is 47.6 Å². The SMILES string of the molecule is COCCOCO/N=C1/C=C2NC(=O)/C(C)=C\C=C\[C@H](C)[C@H](O)[C@@H](C)[C@@H](O)[C@@H](C)[C@H](OC(C)=O)[C@H](C)[C@@H](OC)/C=C/O[C@@]3(C)Oc4c(C)c(O)c(c1c4/C3=N\OCOCCOC)C2=O. The number of phenolic OH excluding ortho intramolecular Hbond substituents is 1. The van der Waals surface area contributed by atoms with Gasteiger partial charge in [0.15, 0.2) is 5.71 Å². The summed E-state index contributed by atoms with van der Waals surface area (Å²) in [5.74, 6) is -6.74. The third-order valence-corrected chi connectivity index (χ3v) is 11.3. The van der Waals surface area contributed by atoms with Crippen molar-refractivity contribution in [2.45, 2.75) is 85.6 Å². The number of allylic oxidation sites excluding steroid dienone is 4. The molecule has 0 fully saturated rings. The van der Waals surface area contributed by atoms with Crippen LogP contribution in [0.2, 0.25) is 0 Å². The Morgan fingerprint density at radius 1 is 0.859 bits per heavy atom. The molecule has 19 heteroatoms. The number of rotatable bonds is 14. The number of nitrogens with zero attached hydrogens (tertiary/aromatic N) is 2. The molecule has 0 radical (unpaired) electrons. The standard InChI is InChI=1S/C45H63N3O16/c1-24-13-12-14-25(2)44(54)46-32-21-31(47-61-22-58-19-17-55-9)34-35(40(32)53)39(52)29(6)42-36(34)43(48-62-23-59-20-18-56-10)45(8,64-42)60-16-15-33(57-11)26(3)41(63-30(7)49)28(5)38(51)27(4)37(24)50/h12-16,21,24,26-28,33,37-38,41,50-52H,17-20,22-23H2,1-11H3,(H,46,54)/b13-12+,16-15+,25-14-,47-31-,48-43+/t24-,26+,27+,28+,33-,37-,38+,41+,45-/m0/s1. The quantitative estimate of drug-likeness (QED) is 0.0895. The van der Waals surface area contributed by atoms with E-state index in [9.17, 15) is 29.7 Å². The number of nitrogens with one attached hydrogen (secondary N) is 1. The highest BCUT2D eigenvalue weighted by Crippen LogP contribution is 2.48. The minimum atomic E-state index is -1.83. The highest BCUT2D eigenvalue weighted by molar-refractivity contribution is 6.32. The molecule has 0 spiro atoms. The van der Waals surface area contributed by atoms with Crippen LogP contribution in [0.15, 0.2) is 58.2 Å². The fourth-order valence-electron chi connectivity index (χ4n) is 7.51. The van der Waals surface area contributed by atoms with E-state index in [0.29, 0.717) is 0 Å². The van der Waals surface area contributed by atoms with Crippen LogP contribution in [-0.2, 0) is 52.4 Å². The number of amides is 1. The Balaban J connectivity index is 1.96. The van der Waals surface area contributed by atoms with E-state index in [1.807, 2.05) is 0 Å². The van der Waals surface area contributed by atoms with Crippen molar-refractivity contribution in [1.29, 1.82) is 0 Å². The first-order valence-corrected chi connectivity index (χ1v) is 20.9. The van der Waals surface area contributed by atoms with E-state index in [2.05, 4.69) is 15.6 Å². The molecular weight excluding hydrogens is 838 g/mol. The van der Waals surface area contributed by atoms with Crippen molar-refractivity contribution >= 4 is 29.1 Å². The van der Waals surface area contributed by atoms with Gasteiger partial charge in [-0.1, -0.05) is 56.2 Å². The van der Waals surface area contributed by atoms with Crippen molar-refractivity contribution in [3.05, 3.63) is 70.2 Å². The summed E-state index contributed by atoms with van der Waals surface area (Å²) < 4.78 is 45.5. The maximum absolute atomic E-state index is 14.4. The van der Waals surface area contributed by atoms with E-state index in [1.165, 1.54) is 67.4 Å².